The number of benzene rings is 2. The van der Waals surface area contributed by atoms with Gasteiger partial charge in [0.05, 0.1) is 15.8 Å². The molecule has 0 aliphatic heterocycles. The minimum atomic E-state index is -4.05. The number of nitrogens with one attached hydrogen (secondary N) is 1. The molecule has 188 valence electrons. The van der Waals surface area contributed by atoms with Crippen molar-refractivity contribution in [2.45, 2.75) is 48.2 Å². The molecule has 1 N–H and O–H groups in total. The van der Waals surface area contributed by atoms with Gasteiger partial charge in [0.15, 0.2) is 10.4 Å². The van der Waals surface area contributed by atoms with E-state index in [-0.39, 0.29) is 27.7 Å². The molecule has 37 heavy (non-hydrogen) atoms. The van der Waals surface area contributed by atoms with Gasteiger partial charge in [-0.3, -0.25) is 4.79 Å². The zero-order valence-corrected chi connectivity index (χ0v) is 22.1. The average molecular weight is 579 g/mol. The van der Waals surface area contributed by atoms with E-state index in [1.807, 2.05) is 24.3 Å². The van der Waals surface area contributed by atoms with Gasteiger partial charge in [-0.1, -0.05) is 55.7 Å². The van der Waals surface area contributed by atoms with Crippen LogP contribution < -0.4 is 5.32 Å². The predicted molar refractivity (Wildman–Crippen MR) is 143 cm³/mol. The Bertz CT molecular complexity index is 1740. The number of aromatic nitrogens is 3. The van der Waals surface area contributed by atoms with Crippen LogP contribution in [-0.4, -0.2) is 28.9 Å². The third-order valence-electron chi connectivity index (χ3n) is 6.79. The van der Waals surface area contributed by atoms with Crippen molar-refractivity contribution < 1.29 is 17.6 Å². The molecule has 1 aliphatic rings. The summed E-state index contributed by atoms with van der Waals surface area (Å²) in [6.07, 6.45) is 5.31. The Balaban J connectivity index is 1.63. The lowest BCUT2D eigenvalue weighted by atomic mass is 9.95. The lowest BCUT2D eigenvalue weighted by Gasteiger charge is -2.25. The van der Waals surface area contributed by atoms with Gasteiger partial charge >= 0.3 is 0 Å². The van der Waals surface area contributed by atoms with E-state index in [4.69, 9.17) is 4.42 Å². The van der Waals surface area contributed by atoms with Gasteiger partial charge in [0, 0.05) is 11.4 Å². The molecule has 1 saturated carbocycles. The number of anilines is 1. The van der Waals surface area contributed by atoms with E-state index in [9.17, 15) is 13.2 Å². The van der Waals surface area contributed by atoms with Crippen LogP contribution in [0.4, 0.5) is 5.82 Å². The van der Waals surface area contributed by atoms with Crippen LogP contribution >= 0.6 is 15.9 Å². The number of para-hydroxylation sites is 1. The smallest absolute Gasteiger partial charge is 0.292 e. The second-order valence-corrected chi connectivity index (χ2v) is 11.7. The Morgan fingerprint density at radius 1 is 0.946 bits per heavy atom. The fourth-order valence-corrected chi connectivity index (χ4v) is 6.54. The van der Waals surface area contributed by atoms with Crippen LogP contribution in [0.15, 0.2) is 85.9 Å². The van der Waals surface area contributed by atoms with Gasteiger partial charge in [-0.25, -0.2) is 8.42 Å². The van der Waals surface area contributed by atoms with Crippen LogP contribution in [0, 0.1) is 0 Å². The first kappa shape index (κ1) is 23.9. The molecule has 2 aromatic carbocycles. The summed E-state index contributed by atoms with van der Waals surface area (Å²) < 4.78 is 35.2. The monoisotopic (exact) mass is 578 g/mol. The summed E-state index contributed by atoms with van der Waals surface area (Å²) in [7, 11) is -4.05. The topological polar surface area (TPSA) is 107 Å². The summed E-state index contributed by atoms with van der Waals surface area (Å²) >= 11 is 3.21. The molecule has 3 aromatic heterocycles. The van der Waals surface area contributed by atoms with E-state index in [2.05, 4.69) is 35.8 Å². The highest BCUT2D eigenvalue weighted by Crippen LogP contribution is 2.40. The fourth-order valence-electron chi connectivity index (χ4n) is 5.09. The van der Waals surface area contributed by atoms with Crippen LogP contribution in [0.25, 0.3) is 21.9 Å². The van der Waals surface area contributed by atoms with Gasteiger partial charge in [-0.05, 0) is 59.1 Å². The normalized spacial score (nSPS) is 14.8. The molecule has 0 bridgehead atoms. The van der Waals surface area contributed by atoms with Crippen molar-refractivity contribution in [2.24, 2.45) is 0 Å². The van der Waals surface area contributed by atoms with Crippen molar-refractivity contribution in [3.05, 3.63) is 77.2 Å². The highest BCUT2D eigenvalue weighted by Gasteiger charge is 2.29. The first-order valence-corrected chi connectivity index (χ1v) is 14.4. The van der Waals surface area contributed by atoms with Gasteiger partial charge in [-0.15, -0.1) is 0 Å². The predicted octanol–water partition coefficient (Wildman–Crippen LogP) is 6.53. The van der Waals surface area contributed by atoms with E-state index in [1.54, 1.807) is 24.3 Å². The summed E-state index contributed by atoms with van der Waals surface area (Å²) in [5.41, 5.74) is 1.43. The maximum Gasteiger partial charge on any atom is 0.292 e. The molecule has 0 radical (unpaired) electrons. The average Bonchev–Trinajstić information content (AvgIpc) is 3.51. The third kappa shape index (κ3) is 4.23. The molecule has 0 spiro atoms. The summed E-state index contributed by atoms with van der Waals surface area (Å²) in [6.45, 7) is 0. The Morgan fingerprint density at radius 3 is 2.41 bits per heavy atom. The number of furan rings is 1. The van der Waals surface area contributed by atoms with Crippen LogP contribution in [-0.2, 0) is 9.84 Å². The Labute approximate surface area is 221 Å². The number of fused-ring (bicyclic) bond motifs is 3. The number of carbonyl (C=O) groups excluding carboxylic acids is 1. The van der Waals surface area contributed by atoms with Gasteiger partial charge in [0.1, 0.15) is 11.5 Å². The number of hydrogen-bond donors (Lipinski definition) is 1. The largest absolute Gasteiger partial charge is 0.444 e. The summed E-state index contributed by atoms with van der Waals surface area (Å²) in [5, 5.41) is 3.90. The molecule has 6 rings (SSSR count). The van der Waals surface area contributed by atoms with E-state index in [1.165, 1.54) is 24.6 Å². The highest BCUT2D eigenvalue weighted by atomic mass is 79.9. The number of halogens is 1. The van der Waals surface area contributed by atoms with Crippen LogP contribution in [0.5, 0.6) is 0 Å². The molecule has 0 unspecified atom stereocenters. The standard InChI is InChI=1S/C27H23BrN4O4S/c28-22-16-15-21(36-22)26(33)29-24-23-19-13-7-8-14-20(19)32(17-9-3-1-4-10-17)25(23)31-27(30-24)37(34,35)18-11-5-2-6-12-18/h2,5-8,11-17H,1,3-4,9-10H2,(H,29,30,31,33). The SMILES string of the molecule is O=C(Nc1nc(S(=O)(=O)c2ccccc2)nc2c1c1ccccc1n2C1CCCCC1)c1ccc(Br)o1. The minimum absolute atomic E-state index is 0.0714. The van der Waals surface area contributed by atoms with E-state index >= 15 is 0 Å². The first-order valence-electron chi connectivity index (χ1n) is 12.1. The molecule has 0 saturated heterocycles. The Hall–Kier alpha value is -3.50. The van der Waals surface area contributed by atoms with Crippen molar-refractivity contribution in [3.8, 4) is 0 Å². The summed E-state index contributed by atoms with van der Waals surface area (Å²) in [4.78, 5) is 22.3. The van der Waals surface area contributed by atoms with E-state index in [0.717, 1.165) is 36.6 Å². The first-order chi connectivity index (χ1) is 17.9. The molecule has 0 atom stereocenters. The zero-order chi connectivity index (χ0) is 25.6. The van der Waals surface area contributed by atoms with Crippen LogP contribution in [0.3, 0.4) is 0 Å². The van der Waals surface area contributed by atoms with Crippen LogP contribution in [0.2, 0.25) is 0 Å². The lowest BCUT2D eigenvalue weighted by molar-refractivity contribution is 0.0995. The molecule has 1 aliphatic carbocycles. The third-order valence-corrected chi connectivity index (χ3v) is 8.78. The van der Waals surface area contributed by atoms with Gasteiger partial charge in [0.25, 0.3) is 11.1 Å². The molecule has 1 amide bonds. The summed E-state index contributed by atoms with van der Waals surface area (Å²) in [6, 6.07) is 19.2. The van der Waals surface area contributed by atoms with Gasteiger partial charge in [-0.2, -0.15) is 9.97 Å². The zero-order valence-electron chi connectivity index (χ0n) is 19.7. The number of carbonyl (C=O) groups is 1. The second-order valence-electron chi connectivity index (χ2n) is 9.11. The summed E-state index contributed by atoms with van der Waals surface area (Å²) in [5.74, 6) is -0.340. The molecule has 8 nitrogen and oxygen atoms in total. The molecule has 3 heterocycles. The number of nitrogens with zero attached hydrogens (tertiary/aromatic N) is 3. The minimum Gasteiger partial charge on any atom is -0.444 e. The van der Waals surface area contributed by atoms with Gasteiger partial charge in [0.2, 0.25) is 9.84 Å². The number of sulfone groups is 1. The van der Waals surface area contributed by atoms with E-state index in [0.29, 0.717) is 15.7 Å². The second kappa shape index (κ2) is 9.42. The maximum absolute atomic E-state index is 13.6. The Morgan fingerprint density at radius 2 is 1.68 bits per heavy atom. The highest BCUT2D eigenvalue weighted by molar-refractivity contribution is 9.10. The quantitative estimate of drug-likeness (QED) is 0.237. The number of rotatable bonds is 5. The Kier molecular flexibility index (Phi) is 6.08. The van der Waals surface area contributed by atoms with Crippen LogP contribution in [0.1, 0.15) is 48.7 Å². The van der Waals surface area contributed by atoms with Crippen molar-refractivity contribution in [2.75, 3.05) is 5.32 Å². The molecular formula is C27H23BrN4O4S. The molecule has 1 fully saturated rings. The molecule has 5 aromatic rings. The van der Waals surface area contributed by atoms with Gasteiger partial charge < -0.3 is 14.3 Å². The van der Waals surface area contributed by atoms with Crippen molar-refractivity contribution in [1.29, 1.82) is 0 Å². The van der Waals surface area contributed by atoms with Crippen molar-refractivity contribution in [3.63, 3.8) is 0 Å². The van der Waals surface area contributed by atoms with E-state index < -0.39 is 15.7 Å². The lowest BCUT2D eigenvalue weighted by Crippen LogP contribution is -2.17. The number of hydrogen-bond acceptors (Lipinski definition) is 6. The molecule has 10 heteroatoms. The molecular weight excluding hydrogens is 556 g/mol. The number of amides is 1. The maximum atomic E-state index is 13.6. The van der Waals surface area contributed by atoms with Crippen molar-refractivity contribution >= 4 is 59.4 Å². The van der Waals surface area contributed by atoms with Crippen molar-refractivity contribution in [1.82, 2.24) is 14.5 Å². The fraction of sp³-hybridized carbons (Fsp3) is 0.222.